The molecular weight excluding hydrogens is 206 g/mol. The Hall–Kier alpha value is -1.81. The Kier molecular flexibility index (Phi) is 3.22. The molecule has 0 bridgehead atoms. The summed E-state index contributed by atoms with van der Waals surface area (Å²) < 4.78 is 5.28. The van der Waals surface area contributed by atoms with Crippen molar-refractivity contribution in [3.8, 4) is 0 Å². The minimum absolute atomic E-state index is 0.172. The summed E-state index contributed by atoms with van der Waals surface area (Å²) in [6.45, 7) is 0.249. The Morgan fingerprint density at radius 3 is 2.69 bits per heavy atom. The van der Waals surface area contributed by atoms with Gasteiger partial charge >= 0.3 is 0 Å². The first kappa shape index (κ1) is 10.7. The zero-order chi connectivity index (χ0) is 11.4. The van der Waals surface area contributed by atoms with Crippen LogP contribution in [0.25, 0.3) is 0 Å². The molecule has 0 spiro atoms. The number of ketones is 1. The molecule has 0 radical (unpaired) electrons. The van der Waals surface area contributed by atoms with E-state index < -0.39 is 12.0 Å². The van der Waals surface area contributed by atoms with Crippen LogP contribution in [-0.2, 0) is 20.9 Å². The third-order valence-corrected chi connectivity index (χ3v) is 2.29. The number of carbonyl (C=O) groups excluding carboxylic acids is 2. The summed E-state index contributed by atoms with van der Waals surface area (Å²) in [6, 6.07) is 9.40. The van der Waals surface area contributed by atoms with E-state index in [0.717, 1.165) is 5.56 Å². The van der Waals surface area contributed by atoms with Gasteiger partial charge in [-0.2, -0.15) is 0 Å². The van der Waals surface area contributed by atoms with E-state index in [0.29, 0.717) is 0 Å². The van der Waals surface area contributed by atoms with Crippen LogP contribution in [0.4, 0.5) is 0 Å². The van der Waals surface area contributed by atoms with Crippen LogP contribution in [0.5, 0.6) is 0 Å². The molecule has 1 atom stereocenters. The van der Waals surface area contributed by atoms with Crippen molar-refractivity contribution < 1.29 is 14.3 Å². The lowest BCUT2D eigenvalue weighted by molar-refractivity contribution is -0.142. The predicted molar refractivity (Wildman–Crippen MR) is 58.1 cm³/mol. The van der Waals surface area contributed by atoms with E-state index in [2.05, 4.69) is 4.99 Å². The van der Waals surface area contributed by atoms with Crippen molar-refractivity contribution in [2.75, 3.05) is 0 Å². The van der Waals surface area contributed by atoms with E-state index >= 15 is 0 Å². The third kappa shape index (κ3) is 2.41. The van der Waals surface area contributed by atoms with Gasteiger partial charge in [0, 0.05) is 12.6 Å². The number of amides is 1. The third-order valence-electron chi connectivity index (χ3n) is 2.29. The van der Waals surface area contributed by atoms with Crippen molar-refractivity contribution in [2.45, 2.75) is 19.1 Å². The Morgan fingerprint density at radius 1 is 1.25 bits per heavy atom. The molecule has 1 unspecified atom stereocenters. The average molecular weight is 217 g/mol. The molecule has 0 N–H and O–H groups in total. The van der Waals surface area contributed by atoms with Crippen molar-refractivity contribution >= 4 is 17.9 Å². The number of rotatable bonds is 3. The van der Waals surface area contributed by atoms with Gasteiger partial charge in [-0.1, -0.05) is 30.3 Å². The second kappa shape index (κ2) is 4.81. The SMILES string of the molecule is O=C1CC=NC(=O)C1OCc1ccccc1. The quantitative estimate of drug-likeness (QED) is 0.713. The maximum absolute atomic E-state index is 11.4. The van der Waals surface area contributed by atoms with Crippen LogP contribution in [-0.4, -0.2) is 24.0 Å². The molecule has 4 heteroatoms. The first-order chi connectivity index (χ1) is 7.77. The van der Waals surface area contributed by atoms with Gasteiger partial charge in [0.2, 0.25) is 0 Å². The van der Waals surface area contributed by atoms with E-state index in [1.807, 2.05) is 30.3 Å². The lowest BCUT2D eigenvalue weighted by Crippen LogP contribution is -2.35. The molecule has 82 valence electrons. The van der Waals surface area contributed by atoms with Gasteiger partial charge in [-0.3, -0.25) is 9.59 Å². The topological polar surface area (TPSA) is 55.7 Å². The Morgan fingerprint density at radius 2 is 2.00 bits per heavy atom. The minimum Gasteiger partial charge on any atom is -0.356 e. The molecule has 0 aromatic heterocycles. The van der Waals surface area contributed by atoms with E-state index in [1.54, 1.807) is 0 Å². The van der Waals surface area contributed by atoms with Crippen LogP contribution in [0.15, 0.2) is 35.3 Å². The van der Waals surface area contributed by atoms with Gasteiger partial charge in [0.25, 0.3) is 5.91 Å². The van der Waals surface area contributed by atoms with Gasteiger partial charge in [-0.05, 0) is 5.56 Å². The molecule has 0 aliphatic carbocycles. The second-order valence-electron chi connectivity index (χ2n) is 3.50. The van der Waals surface area contributed by atoms with Gasteiger partial charge in [0.1, 0.15) is 0 Å². The number of carbonyl (C=O) groups is 2. The molecule has 0 saturated carbocycles. The predicted octanol–water partition coefficient (Wildman–Crippen LogP) is 1.14. The molecule has 1 aromatic rings. The highest BCUT2D eigenvalue weighted by atomic mass is 16.5. The fourth-order valence-corrected chi connectivity index (χ4v) is 1.46. The fraction of sp³-hybridized carbons (Fsp3) is 0.250. The average Bonchev–Trinajstić information content (AvgIpc) is 2.30. The maximum atomic E-state index is 11.4. The number of Topliss-reactive ketones (excluding diaryl/α,β-unsaturated/α-hetero) is 1. The Balaban J connectivity index is 1.98. The van der Waals surface area contributed by atoms with Crippen molar-refractivity contribution in [2.24, 2.45) is 4.99 Å². The van der Waals surface area contributed by atoms with Crippen molar-refractivity contribution in [1.82, 2.24) is 0 Å². The highest BCUT2D eigenvalue weighted by Gasteiger charge is 2.28. The summed E-state index contributed by atoms with van der Waals surface area (Å²) in [4.78, 5) is 26.2. The monoisotopic (exact) mass is 217 g/mol. The number of hydrogen-bond donors (Lipinski definition) is 0. The molecule has 2 rings (SSSR count). The maximum Gasteiger partial charge on any atom is 0.282 e. The molecule has 4 nitrogen and oxygen atoms in total. The number of nitrogens with zero attached hydrogens (tertiary/aromatic N) is 1. The summed E-state index contributed by atoms with van der Waals surface area (Å²) >= 11 is 0. The summed E-state index contributed by atoms with van der Waals surface area (Å²) in [5.74, 6) is -0.733. The molecular formula is C12H11NO3. The smallest absolute Gasteiger partial charge is 0.282 e. The lowest BCUT2D eigenvalue weighted by atomic mass is 10.1. The lowest BCUT2D eigenvalue weighted by Gasteiger charge is -2.15. The van der Waals surface area contributed by atoms with Crippen LogP contribution < -0.4 is 0 Å². The van der Waals surface area contributed by atoms with E-state index in [1.165, 1.54) is 6.21 Å². The van der Waals surface area contributed by atoms with Crippen LogP contribution in [0.2, 0.25) is 0 Å². The molecule has 0 fully saturated rings. The van der Waals surface area contributed by atoms with Crippen LogP contribution in [0, 0.1) is 0 Å². The fourth-order valence-electron chi connectivity index (χ4n) is 1.46. The van der Waals surface area contributed by atoms with Crippen LogP contribution in [0.1, 0.15) is 12.0 Å². The second-order valence-corrected chi connectivity index (χ2v) is 3.50. The number of benzene rings is 1. The van der Waals surface area contributed by atoms with Crippen LogP contribution >= 0.6 is 0 Å². The first-order valence-corrected chi connectivity index (χ1v) is 5.02. The van der Waals surface area contributed by atoms with Crippen molar-refractivity contribution in [1.29, 1.82) is 0 Å². The number of aliphatic imine (C=N–C) groups is 1. The molecule has 1 aliphatic rings. The normalized spacial score (nSPS) is 20.1. The zero-order valence-electron chi connectivity index (χ0n) is 8.63. The number of hydrogen-bond acceptors (Lipinski definition) is 3. The molecule has 1 aliphatic heterocycles. The highest BCUT2D eigenvalue weighted by Crippen LogP contribution is 2.09. The van der Waals surface area contributed by atoms with E-state index in [4.69, 9.17) is 4.74 Å². The largest absolute Gasteiger partial charge is 0.356 e. The molecule has 1 aromatic carbocycles. The van der Waals surface area contributed by atoms with Gasteiger partial charge in [-0.15, -0.1) is 0 Å². The van der Waals surface area contributed by atoms with Crippen LogP contribution in [0.3, 0.4) is 0 Å². The van der Waals surface area contributed by atoms with E-state index in [9.17, 15) is 9.59 Å². The Bertz CT molecular complexity index is 425. The molecule has 0 saturated heterocycles. The molecule has 1 amide bonds. The first-order valence-electron chi connectivity index (χ1n) is 5.02. The molecule has 16 heavy (non-hydrogen) atoms. The van der Waals surface area contributed by atoms with Gasteiger partial charge in [0.05, 0.1) is 6.61 Å². The van der Waals surface area contributed by atoms with Gasteiger partial charge in [-0.25, -0.2) is 4.99 Å². The van der Waals surface area contributed by atoms with Gasteiger partial charge in [0.15, 0.2) is 11.9 Å². The minimum atomic E-state index is -1.02. The summed E-state index contributed by atoms with van der Waals surface area (Å²) in [5.41, 5.74) is 0.928. The van der Waals surface area contributed by atoms with Crippen molar-refractivity contribution in [3.63, 3.8) is 0 Å². The number of ether oxygens (including phenoxy) is 1. The molecule has 1 heterocycles. The van der Waals surface area contributed by atoms with E-state index in [-0.39, 0.29) is 18.8 Å². The standard InChI is InChI=1S/C12H11NO3/c14-10-6-7-13-12(15)11(10)16-8-9-4-2-1-3-5-9/h1-5,7,11H,6,8H2. The van der Waals surface area contributed by atoms with Crippen molar-refractivity contribution in [3.05, 3.63) is 35.9 Å². The summed E-state index contributed by atoms with van der Waals surface area (Å²) in [6.07, 6.45) is 0.475. The summed E-state index contributed by atoms with van der Waals surface area (Å²) in [7, 11) is 0. The summed E-state index contributed by atoms with van der Waals surface area (Å²) in [5, 5.41) is 0. The highest BCUT2D eigenvalue weighted by molar-refractivity contribution is 6.14. The zero-order valence-corrected chi connectivity index (χ0v) is 8.63. The Labute approximate surface area is 92.9 Å². The van der Waals surface area contributed by atoms with Gasteiger partial charge < -0.3 is 4.74 Å².